The molecule has 0 bridgehead atoms. The largest absolute Gasteiger partial charge is 0.456 e. The van der Waals surface area contributed by atoms with Gasteiger partial charge in [0.1, 0.15) is 6.16 Å². The van der Waals surface area contributed by atoms with Gasteiger partial charge in [0.25, 0.3) is 0 Å². The van der Waals surface area contributed by atoms with E-state index in [0.29, 0.717) is 12.8 Å². The monoisotopic (exact) mass is 360 g/mol. The van der Waals surface area contributed by atoms with Crippen LogP contribution in [0.4, 0.5) is 26.3 Å². The average molecular weight is 360 g/mol. The number of carbonyl (C=O) groups is 1. The first-order valence-corrected chi connectivity index (χ1v) is 7.77. The third-order valence-corrected chi connectivity index (χ3v) is 3.67. The number of hydrogen-bond acceptors (Lipinski definition) is 5. The van der Waals surface area contributed by atoms with Gasteiger partial charge in [0.15, 0.2) is 13.2 Å². The van der Waals surface area contributed by atoms with Crippen molar-refractivity contribution in [2.75, 3.05) is 26.0 Å². The van der Waals surface area contributed by atoms with Gasteiger partial charge >= 0.3 is 25.9 Å². The first-order chi connectivity index (χ1) is 9.87. The second-order valence-electron chi connectivity index (χ2n) is 4.12. The van der Waals surface area contributed by atoms with E-state index in [2.05, 4.69) is 13.8 Å². The third-order valence-electron chi connectivity index (χ3n) is 1.93. The quantitative estimate of drug-likeness (QED) is 0.272. The number of carbonyl (C=O) groups excluding carboxylic acids is 1. The Bertz CT molecular complexity index is 394. The van der Waals surface area contributed by atoms with Crippen LogP contribution < -0.4 is 0 Å². The SMILES string of the molecule is CCCCOP(=O)(CC(=O)OCC(F)(F)F)OCC(F)(F)F. The van der Waals surface area contributed by atoms with Crippen molar-refractivity contribution in [2.45, 2.75) is 32.1 Å². The molecule has 1 unspecified atom stereocenters. The van der Waals surface area contributed by atoms with Crippen LogP contribution >= 0.6 is 7.60 Å². The van der Waals surface area contributed by atoms with Gasteiger partial charge in [-0.15, -0.1) is 0 Å². The maximum atomic E-state index is 12.0. The number of halogens is 6. The number of rotatable bonds is 9. The van der Waals surface area contributed by atoms with Crippen molar-refractivity contribution in [3.8, 4) is 0 Å². The highest BCUT2D eigenvalue weighted by Crippen LogP contribution is 2.49. The van der Waals surface area contributed by atoms with Crippen LogP contribution in [0.2, 0.25) is 0 Å². The van der Waals surface area contributed by atoms with Crippen LogP contribution in [0, 0.1) is 0 Å². The molecule has 0 aromatic heterocycles. The van der Waals surface area contributed by atoms with Crippen LogP contribution in [0.5, 0.6) is 0 Å². The van der Waals surface area contributed by atoms with Gasteiger partial charge in [0.05, 0.1) is 6.61 Å². The Labute approximate surface area is 122 Å². The summed E-state index contributed by atoms with van der Waals surface area (Å²) in [5.74, 6) is -1.63. The van der Waals surface area contributed by atoms with Crippen molar-refractivity contribution in [2.24, 2.45) is 0 Å². The van der Waals surface area contributed by atoms with Crippen molar-refractivity contribution >= 4 is 13.6 Å². The first kappa shape index (κ1) is 21.2. The molecule has 0 aliphatic heterocycles. The molecular formula is C10H15F6O5P. The van der Waals surface area contributed by atoms with Gasteiger partial charge in [-0.25, -0.2) is 0 Å². The summed E-state index contributed by atoms with van der Waals surface area (Å²) in [5.41, 5.74) is 0. The summed E-state index contributed by atoms with van der Waals surface area (Å²) in [6.07, 6.45) is -10.1. The van der Waals surface area contributed by atoms with Crippen LogP contribution in [0.3, 0.4) is 0 Å². The lowest BCUT2D eigenvalue weighted by Gasteiger charge is -2.19. The van der Waals surface area contributed by atoms with Crippen molar-refractivity contribution < 1.29 is 49.5 Å². The van der Waals surface area contributed by atoms with E-state index in [1.54, 1.807) is 6.92 Å². The fourth-order valence-corrected chi connectivity index (χ4v) is 2.43. The summed E-state index contributed by atoms with van der Waals surface area (Å²) in [6, 6.07) is 0. The summed E-state index contributed by atoms with van der Waals surface area (Å²) in [7, 11) is -4.55. The lowest BCUT2D eigenvalue weighted by molar-refractivity contribution is -0.184. The predicted molar refractivity (Wildman–Crippen MR) is 62.4 cm³/mol. The van der Waals surface area contributed by atoms with Crippen LogP contribution in [-0.2, 0) is 23.1 Å². The van der Waals surface area contributed by atoms with Gasteiger partial charge in [-0.05, 0) is 6.42 Å². The summed E-state index contributed by atoms with van der Waals surface area (Å²) in [4.78, 5) is 11.1. The molecule has 0 radical (unpaired) electrons. The Hall–Kier alpha value is -0.800. The Morgan fingerprint density at radius 2 is 1.55 bits per heavy atom. The maximum absolute atomic E-state index is 12.0. The van der Waals surface area contributed by atoms with Crippen molar-refractivity contribution in [1.29, 1.82) is 0 Å². The third kappa shape index (κ3) is 11.8. The number of ether oxygens (including phenoxy) is 1. The van der Waals surface area contributed by atoms with Crippen LogP contribution in [0.1, 0.15) is 19.8 Å². The van der Waals surface area contributed by atoms with Gasteiger partial charge in [0.2, 0.25) is 0 Å². The molecule has 0 aliphatic carbocycles. The number of unbranched alkanes of at least 4 members (excludes halogenated alkanes) is 1. The highest BCUT2D eigenvalue weighted by Gasteiger charge is 2.37. The minimum Gasteiger partial charge on any atom is -0.456 e. The normalized spacial score (nSPS) is 15.4. The van der Waals surface area contributed by atoms with Gasteiger partial charge < -0.3 is 9.26 Å². The number of hydrogen-bond donors (Lipinski definition) is 0. The van der Waals surface area contributed by atoms with E-state index in [4.69, 9.17) is 0 Å². The molecule has 0 heterocycles. The van der Waals surface area contributed by atoms with E-state index < -0.39 is 45.3 Å². The molecule has 0 N–H and O–H groups in total. The van der Waals surface area contributed by atoms with Gasteiger partial charge in [0, 0.05) is 0 Å². The molecule has 0 aromatic rings. The van der Waals surface area contributed by atoms with Gasteiger partial charge in [-0.2, -0.15) is 26.3 Å². The van der Waals surface area contributed by atoms with E-state index in [-0.39, 0.29) is 6.61 Å². The molecule has 0 saturated heterocycles. The molecular weight excluding hydrogens is 345 g/mol. The predicted octanol–water partition coefficient (Wildman–Crippen LogP) is 3.68. The Morgan fingerprint density at radius 3 is 2.00 bits per heavy atom. The minimum absolute atomic E-state index is 0.266. The molecule has 0 fully saturated rings. The Morgan fingerprint density at radius 1 is 1.00 bits per heavy atom. The lowest BCUT2D eigenvalue weighted by Crippen LogP contribution is -2.24. The minimum atomic E-state index is -4.83. The molecule has 132 valence electrons. The fourth-order valence-electron chi connectivity index (χ4n) is 1.01. The molecule has 1 atom stereocenters. The van der Waals surface area contributed by atoms with E-state index in [1.165, 1.54) is 0 Å². The van der Waals surface area contributed by atoms with E-state index in [9.17, 15) is 35.7 Å². The summed E-state index contributed by atoms with van der Waals surface area (Å²) in [5, 5.41) is 0. The molecule has 0 aliphatic rings. The smallest absolute Gasteiger partial charge is 0.422 e. The van der Waals surface area contributed by atoms with Crippen molar-refractivity contribution in [3.63, 3.8) is 0 Å². The zero-order chi connectivity index (χ0) is 17.4. The van der Waals surface area contributed by atoms with Crippen molar-refractivity contribution in [1.82, 2.24) is 0 Å². The molecule has 0 spiro atoms. The molecule has 12 heteroatoms. The molecule has 22 heavy (non-hydrogen) atoms. The second kappa shape index (κ2) is 8.73. The molecule has 0 saturated carbocycles. The lowest BCUT2D eigenvalue weighted by atomic mass is 10.4. The standard InChI is InChI=1S/C10H15F6O5P/c1-2-3-4-20-22(18,21-7-10(14,15)16)5-8(17)19-6-9(11,12)13/h2-7H2,1H3. The second-order valence-corrected chi connectivity index (χ2v) is 6.17. The zero-order valence-electron chi connectivity index (χ0n) is 11.5. The highest BCUT2D eigenvalue weighted by molar-refractivity contribution is 7.54. The van der Waals surface area contributed by atoms with Crippen LogP contribution in [-0.4, -0.2) is 44.3 Å². The Kier molecular flexibility index (Phi) is 8.42. The maximum Gasteiger partial charge on any atom is 0.422 e. The highest BCUT2D eigenvalue weighted by atomic mass is 31.2. The van der Waals surface area contributed by atoms with Crippen LogP contribution in [0.15, 0.2) is 0 Å². The number of esters is 1. The molecule has 0 rings (SSSR count). The molecule has 0 amide bonds. The molecule has 5 nitrogen and oxygen atoms in total. The number of alkyl halides is 6. The first-order valence-electron chi connectivity index (χ1n) is 6.04. The summed E-state index contributed by atoms with van der Waals surface area (Å²) in [6.45, 7) is -2.45. The van der Waals surface area contributed by atoms with Gasteiger partial charge in [-0.3, -0.25) is 13.9 Å². The van der Waals surface area contributed by atoms with E-state index >= 15 is 0 Å². The zero-order valence-corrected chi connectivity index (χ0v) is 12.4. The fraction of sp³-hybridized carbons (Fsp3) is 0.900. The topological polar surface area (TPSA) is 61.8 Å². The van der Waals surface area contributed by atoms with E-state index in [1.807, 2.05) is 0 Å². The summed E-state index contributed by atoms with van der Waals surface area (Å²) >= 11 is 0. The van der Waals surface area contributed by atoms with Crippen LogP contribution in [0.25, 0.3) is 0 Å². The van der Waals surface area contributed by atoms with Gasteiger partial charge in [-0.1, -0.05) is 13.3 Å². The summed E-state index contributed by atoms with van der Waals surface area (Å²) < 4.78 is 96.1. The van der Waals surface area contributed by atoms with Crippen molar-refractivity contribution in [3.05, 3.63) is 0 Å². The average Bonchev–Trinajstić information content (AvgIpc) is 2.33. The Balaban J connectivity index is 4.63. The van der Waals surface area contributed by atoms with E-state index in [0.717, 1.165) is 0 Å². The molecule has 0 aromatic carbocycles.